The zero-order chi connectivity index (χ0) is 12.0. The molecule has 1 amide bonds. The maximum atomic E-state index is 12.2. The van der Waals surface area contributed by atoms with E-state index in [1.165, 1.54) is 0 Å². The number of amides is 1. The predicted molar refractivity (Wildman–Crippen MR) is 62.1 cm³/mol. The number of nitrogens with zero attached hydrogens (tertiary/aromatic N) is 1. The van der Waals surface area contributed by atoms with E-state index in [9.17, 15) is 4.79 Å². The Morgan fingerprint density at radius 2 is 2.06 bits per heavy atom. The van der Waals surface area contributed by atoms with E-state index in [-0.39, 0.29) is 24.5 Å². The van der Waals surface area contributed by atoms with Gasteiger partial charge in [0.2, 0.25) is 5.91 Å². The Morgan fingerprint density at radius 1 is 1.44 bits per heavy atom. The molecule has 0 bridgehead atoms. The van der Waals surface area contributed by atoms with Gasteiger partial charge >= 0.3 is 0 Å². The molecule has 16 heavy (non-hydrogen) atoms. The Labute approximate surface area is 97.6 Å². The fraction of sp³-hybridized carbons (Fsp3) is 0.917. The Hall–Kier alpha value is -0.610. The molecule has 1 saturated heterocycles. The SMILES string of the molecule is CC(C)N(CCCO)C(=O)C1CCOCC1. The molecule has 0 saturated carbocycles. The van der Waals surface area contributed by atoms with Crippen molar-refractivity contribution in [3.63, 3.8) is 0 Å². The molecule has 1 fully saturated rings. The molecule has 4 nitrogen and oxygen atoms in total. The number of carbonyl (C=O) groups is 1. The second kappa shape index (κ2) is 6.86. The lowest BCUT2D eigenvalue weighted by Crippen LogP contribution is -2.43. The molecule has 1 rings (SSSR count). The van der Waals surface area contributed by atoms with Crippen LogP contribution in [0.25, 0.3) is 0 Å². The van der Waals surface area contributed by atoms with Gasteiger partial charge in [-0.05, 0) is 33.1 Å². The molecule has 0 aromatic rings. The fourth-order valence-corrected chi connectivity index (χ4v) is 2.04. The van der Waals surface area contributed by atoms with Gasteiger partial charge in [-0.25, -0.2) is 0 Å². The minimum absolute atomic E-state index is 0.120. The van der Waals surface area contributed by atoms with Crippen LogP contribution in [0.5, 0.6) is 0 Å². The molecule has 0 spiro atoms. The van der Waals surface area contributed by atoms with Crippen molar-refractivity contribution < 1.29 is 14.6 Å². The molecule has 94 valence electrons. The molecular formula is C12H23NO3. The van der Waals surface area contributed by atoms with Crippen molar-refractivity contribution >= 4 is 5.91 Å². The van der Waals surface area contributed by atoms with Crippen LogP contribution >= 0.6 is 0 Å². The van der Waals surface area contributed by atoms with Crippen LogP contribution in [0.4, 0.5) is 0 Å². The summed E-state index contributed by atoms with van der Waals surface area (Å²) in [5.41, 5.74) is 0. The molecule has 1 aliphatic rings. The van der Waals surface area contributed by atoms with Gasteiger partial charge in [0.25, 0.3) is 0 Å². The van der Waals surface area contributed by atoms with Gasteiger partial charge in [0.15, 0.2) is 0 Å². The summed E-state index contributed by atoms with van der Waals surface area (Å²) in [6.45, 7) is 6.24. The lowest BCUT2D eigenvalue weighted by molar-refractivity contribution is -0.140. The van der Waals surface area contributed by atoms with Crippen molar-refractivity contribution in [2.75, 3.05) is 26.4 Å². The first-order chi connectivity index (χ1) is 7.66. The summed E-state index contributed by atoms with van der Waals surface area (Å²) in [4.78, 5) is 14.1. The van der Waals surface area contributed by atoms with Gasteiger partial charge in [0.1, 0.15) is 0 Å². The van der Waals surface area contributed by atoms with Crippen molar-refractivity contribution in [3.05, 3.63) is 0 Å². The standard InChI is InChI=1S/C12H23NO3/c1-10(2)13(6-3-7-14)12(15)11-4-8-16-9-5-11/h10-11,14H,3-9H2,1-2H3. The maximum absolute atomic E-state index is 12.2. The predicted octanol–water partition coefficient (Wildman–Crippen LogP) is 1.03. The third kappa shape index (κ3) is 3.76. The number of rotatable bonds is 5. The Bertz CT molecular complexity index is 212. The van der Waals surface area contributed by atoms with Crippen molar-refractivity contribution in [2.45, 2.75) is 39.2 Å². The second-order valence-electron chi connectivity index (χ2n) is 4.59. The monoisotopic (exact) mass is 229 g/mol. The average molecular weight is 229 g/mol. The molecule has 0 unspecified atom stereocenters. The van der Waals surface area contributed by atoms with Crippen LogP contribution in [0, 0.1) is 5.92 Å². The summed E-state index contributed by atoms with van der Waals surface area (Å²) in [6.07, 6.45) is 2.33. The van der Waals surface area contributed by atoms with E-state index in [0.29, 0.717) is 26.2 Å². The van der Waals surface area contributed by atoms with E-state index in [2.05, 4.69) is 0 Å². The van der Waals surface area contributed by atoms with Crippen LogP contribution in [0.3, 0.4) is 0 Å². The zero-order valence-electron chi connectivity index (χ0n) is 10.3. The summed E-state index contributed by atoms with van der Waals surface area (Å²) in [5, 5.41) is 8.83. The summed E-state index contributed by atoms with van der Waals surface area (Å²) in [5.74, 6) is 0.349. The third-order valence-electron chi connectivity index (χ3n) is 3.03. The highest BCUT2D eigenvalue weighted by Crippen LogP contribution is 2.19. The molecule has 1 heterocycles. The first-order valence-electron chi connectivity index (χ1n) is 6.16. The Kier molecular flexibility index (Phi) is 5.77. The quantitative estimate of drug-likeness (QED) is 0.766. The zero-order valence-corrected chi connectivity index (χ0v) is 10.3. The van der Waals surface area contributed by atoms with Gasteiger partial charge in [0, 0.05) is 38.3 Å². The van der Waals surface area contributed by atoms with Crippen molar-refractivity contribution in [1.29, 1.82) is 0 Å². The van der Waals surface area contributed by atoms with Crippen LogP contribution in [-0.2, 0) is 9.53 Å². The molecule has 0 aliphatic carbocycles. The van der Waals surface area contributed by atoms with Crippen LogP contribution in [0.2, 0.25) is 0 Å². The topological polar surface area (TPSA) is 49.8 Å². The second-order valence-corrected chi connectivity index (χ2v) is 4.59. The molecule has 0 aromatic carbocycles. The van der Waals surface area contributed by atoms with Gasteiger partial charge < -0.3 is 14.7 Å². The van der Waals surface area contributed by atoms with Crippen molar-refractivity contribution in [2.24, 2.45) is 5.92 Å². The molecule has 0 aromatic heterocycles. The average Bonchev–Trinajstić information content (AvgIpc) is 2.30. The van der Waals surface area contributed by atoms with Crippen molar-refractivity contribution in [3.8, 4) is 0 Å². The number of aliphatic hydroxyl groups is 1. The Balaban J connectivity index is 2.51. The van der Waals surface area contributed by atoms with Gasteiger partial charge in [-0.15, -0.1) is 0 Å². The van der Waals surface area contributed by atoms with Crippen LogP contribution in [-0.4, -0.2) is 48.3 Å². The smallest absolute Gasteiger partial charge is 0.226 e. The van der Waals surface area contributed by atoms with Gasteiger partial charge in [-0.2, -0.15) is 0 Å². The van der Waals surface area contributed by atoms with Crippen LogP contribution < -0.4 is 0 Å². The molecule has 0 radical (unpaired) electrons. The molecule has 0 atom stereocenters. The van der Waals surface area contributed by atoms with Crippen molar-refractivity contribution in [1.82, 2.24) is 4.90 Å². The lowest BCUT2D eigenvalue weighted by atomic mass is 9.98. The number of hydrogen-bond acceptors (Lipinski definition) is 3. The van der Waals surface area contributed by atoms with Crippen LogP contribution in [0.15, 0.2) is 0 Å². The summed E-state index contributed by atoms with van der Waals surface area (Å²) in [6, 6.07) is 0.210. The molecule has 4 heteroatoms. The summed E-state index contributed by atoms with van der Waals surface area (Å²) < 4.78 is 5.26. The number of carbonyl (C=O) groups excluding carboxylic acids is 1. The largest absolute Gasteiger partial charge is 0.396 e. The molecule has 1 N–H and O–H groups in total. The number of hydrogen-bond donors (Lipinski definition) is 1. The van der Waals surface area contributed by atoms with E-state index >= 15 is 0 Å². The van der Waals surface area contributed by atoms with E-state index in [0.717, 1.165) is 12.8 Å². The fourth-order valence-electron chi connectivity index (χ4n) is 2.04. The molecular weight excluding hydrogens is 206 g/mol. The lowest BCUT2D eigenvalue weighted by Gasteiger charge is -2.32. The van der Waals surface area contributed by atoms with E-state index in [1.54, 1.807) is 0 Å². The van der Waals surface area contributed by atoms with Gasteiger partial charge in [0.05, 0.1) is 0 Å². The van der Waals surface area contributed by atoms with Gasteiger partial charge in [-0.1, -0.05) is 0 Å². The molecule has 1 aliphatic heterocycles. The summed E-state index contributed by atoms with van der Waals surface area (Å²) >= 11 is 0. The first-order valence-corrected chi connectivity index (χ1v) is 6.16. The van der Waals surface area contributed by atoms with Crippen LogP contribution in [0.1, 0.15) is 33.1 Å². The minimum atomic E-state index is 0.120. The minimum Gasteiger partial charge on any atom is -0.396 e. The summed E-state index contributed by atoms with van der Waals surface area (Å²) in [7, 11) is 0. The van der Waals surface area contributed by atoms with E-state index < -0.39 is 0 Å². The highest BCUT2D eigenvalue weighted by Gasteiger charge is 2.27. The normalized spacial score (nSPS) is 17.8. The highest BCUT2D eigenvalue weighted by atomic mass is 16.5. The van der Waals surface area contributed by atoms with E-state index in [1.807, 2.05) is 18.7 Å². The van der Waals surface area contributed by atoms with E-state index in [4.69, 9.17) is 9.84 Å². The Morgan fingerprint density at radius 3 is 2.56 bits per heavy atom. The maximum Gasteiger partial charge on any atom is 0.226 e. The number of aliphatic hydroxyl groups excluding tert-OH is 1. The first kappa shape index (κ1) is 13.5. The third-order valence-corrected chi connectivity index (χ3v) is 3.03. The van der Waals surface area contributed by atoms with Gasteiger partial charge in [-0.3, -0.25) is 4.79 Å². The number of ether oxygens (including phenoxy) is 1. The highest BCUT2D eigenvalue weighted by molar-refractivity contribution is 5.79.